The topological polar surface area (TPSA) is 35.6 Å². The zero-order chi connectivity index (χ0) is 12.3. The molecule has 0 radical (unpaired) electrons. The normalized spacial score (nSPS) is 27.3. The van der Waals surface area contributed by atoms with E-state index in [1.165, 1.54) is 0 Å². The molecule has 1 amide bonds. The third kappa shape index (κ3) is 3.19. The number of hydrogen-bond acceptors (Lipinski definition) is 3. The first-order valence-electron chi connectivity index (χ1n) is 6.93. The number of fused-ring (bicyclic) bond motifs is 1. The zero-order valence-corrected chi connectivity index (χ0v) is 11.1. The standard InChI is InChI=1S/C13H25N3O/c1-3-14-8-11(2)9-15-6-7-16-12(10-15)4-5-13(16)17/h11-12,14H,3-10H2,1-2H3. The number of rotatable bonds is 5. The molecule has 4 nitrogen and oxygen atoms in total. The maximum absolute atomic E-state index is 11.6. The first-order valence-corrected chi connectivity index (χ1v) is 6.93. The fraction of sp³-hybridized carbons (Fsp3) is 0.923. The van der Waals surface area contributed by atoms with Gasteiger partial charge in [0.1, 0.15) is 0 Å². The zero-order valence-electron chi connectivity index (χ0n) is 11.1. The molecule has 0 aromatic heterocycles. The highest BCUT2D eigenvalue weighted by Gasteiger charge is 2.35. The van der Waals surface area contributed by atoms with Gasteiger partial charge in [-0.2, -0.15) is 0 Å². The minimum atomic E-state index is 0.371. The molecule has 4 heteroatoms. The van der Waals surface area contributed by atoms with Crippen LogP contribution in [-0.4, -0.2) is 61.0 Å². The highest BCUT2D eigenvalue weighted by molar-refractivity contribution is 5.78. The predicted octanol–water partition coefficient (Wildman–Crippen LogP) is 0.539. The number of hydrogen-bond donors (Lipinski definition) is 1. The van der Waals surface area contributed by atoms with E-state index in [0.29, 0.717) is 17.9 Å². The number of piperazine rings is 1. The van der Waals surface area contributed by atoms with Gasteiger partial charge in [0.25, 0.3) is 0 Å². The molecule has 2 atom stereocenters. The van der Waals surface area contributed by atoms with Crippen LogP contribution in [0.3, 0.4) is 0 Å². The molecule has 0 aromatic carbocycles. The first kappa shape index (κ1) is 12.8. The van der Waals surface area contributed by atoms with Gasteiger partial charge in [0.05, 0.1) is 0 Å². The summed E-state index contributed by atoms with van der Waals surface area (Å²) in [6.45, 7) is 10.8. The number of nitrogens with one attached hydrogen (secondary N) is 1. The summed E-state index contributed by atoms with van der Waals surface area (Å²) >= 11 is 0. The van der Waals surface area contributed by atoms with Crippen molar-refractivity contribution < 1.29 is 4.79 Å². The summed E-state index contributed by atoms with van der Waals surface area (Å²) in [4.78, 5) is 16.2. The lowest BCUT2D eigenvalue weighted by molar-refractivity contribution is -0.130. The maximum atomic E-state index is 11.6. The van der Waals surface area contributed by atoms with E-state index in [0.717, 1.165) is 52.1 Å². The van der Waals surface area contributed by atoms with Gasteiger partial charge in [0.15, 0.2) is 0 Å². The second-order valence-corrected chi connectivity index (χ2v) is 5.45. The second-order valence-electron chi connectivity index (χ2n) is 5.45. The molecule has 2 aliphatic heterocycles. The second kappa shape index (κ2) is 5.83. The molecule has 0 saturated carbocycles. The molecule has 2 saturated heterocycles. The molecule has 2 rings (SSSR count). The minimum Gasteiger partial charge on any atom is -0.337 e. The lowest BCUT2D eigenvalue weighted by Crippen LogP contribution is -2.52. The molecule has 2 fully saturated rings. The Morgan fingerprint density at radius 1 is 1.47 bits per heavy atom. The molecular formula is C13H25N3O. The van der Waals surface area contributed by atoms with Crippen molar-refractivity contribution in [2.75, 3.05) is 39.3 Å². The van der Waals surface area contributed by atoms with Gasteiger partial charge in [-0.15, -0.1) is 0 Å². The molecule has 1 N–H and O–H groups in total. The lowest BCUT2D eigenvalue weighted by atomic mass is 10.1. The van der Waals surface area contributed by atoms with E-state index in [1.807, 2.05) is 0 Å². The molecule has 2 unspecified atom stereocenters. The quantitative estimate of drug-likeness (QED) is 0.760. The van der Waals surface area contributed by atoms with Crippen molar-refractivity contribution >= 4 is 5.91 Å². The highest BCUT2D eigenvalue weighted by atomic mass is 16.2. The third-order valence-electron chi connectivity index (χ3n) is 3.89. The van der Waals surface area contributed by atoms with Crippen LogP contribution in [0.15, 0.2) is 0 Å². The van der Waals surface area contributed by atoms with Crippen LogP contribution in [0.1, 0.15) is 26.7 Å². The maximum Gasteiger partial charge on any atom is 0.222 e. The predicted molar refractivity (Wildman–Crippen MR) is 68.9 cm³/mol. The number of nitrogens with zero attached hydrogens (tertiary/aromatic N) is 2. The van der Waals surface area contributed by atoms with Crippen LogP contribution in [-0.2, 0) is 4.79 Å². The van der Waals surface area contributed by atoms with Gasteiger partial charge in [0, 0.05) is 38.6 Å². The molecule has 0 aromatic rings. The Balaban J connectivity index is 1.75. The van der Waals surface area contributed by atoms with Crippen molar-refractivity contribution in [3.05, 3.63) is 0 Å². The van der Waals surface area contributed by atoms with Gasteiger partial charge in [-0.1, -0.05) is 13.8 Å². The van der Waals surface area contributed by atoms with Crippen molar-refractivity contribution in [3.8, 4) is 0 Å². The van der Waals surface area contributed by atoms with E-state index in [2.05, 4.69) is 29.0 Å². The Hall–Kier alpha value is -0.610. The summed E-state index contributed by atoms with van der Waals surface area (Å²) in [5.41, 5.74) is 0. The van der Waals surface area contributed by atoms with Crippen LogP contribution in [0.25, 0.3) is 0 Å². The van der Waals surface area contributed by atoms with Crippen molar-refractivity contribution in [1.29, 1.82) is 0 Å². The molecule has 2 heterocycles. The Morgan fingerprint density at radius 3 is 3.06 bits per heavy atom. The number of carbonyl (C=O) groups is 1. The molecule has 0 spiro atoms. The third-order valence-corrected chi connectivity index (χ3v) is 3.89. The first-order chi connectivity index (χ1) is 8.20. The SMILES string of the molecule is CCNCC(C)CN1CCN2C(=O)CCC2C1. The molecular weight excluding hydrogens is 214 g/mol. The van der Waals surface area contributed by atoms with E-state index in [9.17, 15) is 4.79 Å². The summed E-state index contributed by atoms with van der Waals surface area (Å²) in [6, 6.07) is 0.502. The van der Waals surface area contributed by atoms with E-state index in [1.54, 1.807) is 0 Å². The minimum absolute atomic E-state index is 0.371. The Bertz CT molecular complexity index is 269. The average Bonchev–Trinajstić information content (AvgIpc) is 2.68. The Morgan fingerprint density at radius 2 is 2.29 bits per heavy atom. The highest BCUT2D eigenvalue weighted by Crippen LogP contribution is 2.23. The van der Waals surface area contributed by atoms with E-state index >= 15 is 0 Å². The van der Waals surface area contributed by atoms with E-state index < -0.39 is 0 Å². The van der Waals surface area contributed by atoms with Crippen LogP contribution < -0.4 is 5.32 Å². The van der Waals surface area contributed by atoms with Crippen molar-refractivity contribution in [1.82, 2.24) is 15.1 Å². The van der Waals surface area contributed by atoms with Crippen LogP contribution in [0, 0.1) is 5.92 Å². The molecule has 2 aliphatic rings. The fourth-order valence-corrected chi connectivity index (χ4v) is 2.99. The van der Waals surface area contributed by atoms with Crippen LogP contribution in [0.5, 0.6) is 0 Å². The van der Waals surface area contributed by atoms with Gasteiger partial charge >= 0.3 is 0 Å². The lowest BCUT2D eigenvalue weighted by Gasteiger charge is -2.38. The van der Waals surface area contributed by atoms with Crippen molar-refractivity contribution in [3.63, 3.8) is 0 Å². The van der Waals surface area contributed by atoms with E-state index in [-0.39, 0.29) is 0 Å². The molecule has 17 heavy (non-hydrogen) atoms. The van der Waals surface area contributed by atoms with E-state index in [4.69, 9.17) is 0 Å². The average molecular weight is 239 g/mol. The van der Waals surface area contributed by atoms with Crippen molar-refractivity contribution in [2.45, 2.75) is 32.7 Å². The summed E-state index contributed by atoms with van der Waals surface area (Å²) in [7, 11) is 0. The molecule has 0 aliphatic carbocycles. The van der Waals surface area contributed by atoms with Crippen LogP contribution in [0.4, 0.5) is 0 Å². The van der Waals surface area contributed by atoms with Crippen molar-refractivity contribution in [2.24, 2.45) is 5.92 Å². The summed E-state index contributed by atoms with van der Waals surface area (Å²) < 4.78 is 0. The monoisotopic (exact) mass is 239 g/mol. The summed E-state index contributed by atoms with van der Waals surface area (Å²) in [5, 5.41) is 3.40. The van der Waals surface area contributed by atoms with Crippen LogP contribution >= 0.6 is 0 Å². The van der Waals surface area contributed by atoms with Gasteiger partial charge in [-0.25, -0.2) is 0 Å². The Labute approximate surface area is 104 Å². The largest absolute Gasteiger partial charge is 0.337 e. The van der Waals surface area contributed by atoms with Crippen LogP contribution in [0.2, 0.25) is 0 Å². The number of amides is 1. The van der Waals surface area contributed by atoms with Gasteiger partial charge < -0.3 is 10.2 Å². The summed E-state index contributed by atoms with van der Waals surface area (Å²) in [5.74, 6) is 1.06. The van der Waals surface area contributed by atoms with Gasteiger partial charge in [-0.05, 0) is 25.4 Å². The molecule has 0 bridgehead atoms. The van der Waals surface area contributed by atoms with Gasteiger partial charge in [0.2, 0.25) is 5.91 Å². The fourth-order valence-electron chi connectivity index (χ4n) is 2.99. The summed E-state index contributed by atoms with van der Waals surface area (Å²) in [6.07, 6.45) is 1.84. The van der Waals surface area contributed by atoms with Gasteiger partial charge in [-0.3, -0.25) is 9.69 Å². The number of carbonyl (C=O) groups excluding carboxylic acids is 1. The Kier molecular flexibility index (Phi) is 4.40. The smallest absolute Gasteiger partial charge is 0.222 e. The molecule has 98 valence electrons.